The molecule has 0 amide bonds. The van der Waals surface area contributed by atoms with Crippen LogP contribution in [-0.4, -0.2) is 24.2 Å². The van der Waals surface area contributed by atoms with Gasteiger partial charge in [-0.1, -0.05) is 19.6 Å². The van der Waals surface area contributed by atoms with Crippen molar-refractivity contribution in [1.82, 2.24) is 9.55 Å². The normalized spacial score (nSPS) is 11.9. The number of halogens is 2. The summed E-state index contributed by atoms with van der Waals surface area (Å²) in [5.41, 5.74) is 0.871. The summed E-state index contributed by atoms with van der Waals surface area (Å²) in [6, 6.07) is 7.46. The van der Waals surface area contributed by atoms with Crippen molar-refractivity contribution in [3.05, 3.63) is 40.9 Å². The second-order valence-corrected chi connectivity index (χ2v) is 12.6. The van der Waals surface area contributed by atoms with Gasteiger partial charge in [0.15, 0.2) is 0 Å². The highest BCUT2D eigenvalue weighted by Crippen LogP contribution is 2.22. The standard InChI is InChI=1S/C15H20BrFN2OSi/c1-21(2,3)9-8-20-11-19-10-14(16)18-15(19)12-4-6-13(17)7-5-12/h4-7,10H,8-9,11H2,1-3H3. The van der Waals surface area contributed by atoms with Gasteiger partial charge < -0.3 is 9.30 Å². The van der Waals surface area contributed by atoms with Crippen molar-refractivity contribution < 1.29 is 9.13 Å². The van der Waals surface area contributed by atoms with E-state index >= 15 is 0 Å². The van der Waals surface area contributed by atoms with Crippen LogP contribution in [0.4, 0.5) is 4.39 Å². The quantitative estimate of drug-likeness (QED) is 0.541. The van der Waals surface area contributed by atoms with E-state index in [9.17, 15) is 4.39 Å². The van der Waals surface area contributed by atoms with Gasteiger partial charge in [-0.3, -0.25) is 0 Å². The lowest BCUT2D eigenvalue weighted by Gasteiger charge is -2.16. The molecule has 114 valence electrons. The molecule has 0 aliphatic rings. The topological polar surface area (TPSA) is 27.1 Å². The highest BCUT2D eigenvalue weighted by Gasteiger charge is 2.13. The minimum Gasteiger partial charge on any atom is -0.361 e. The third-order valence-corrected chi connectivity index (χ3v) is 5.16. The summed E-state index contributed by atoms with van der Waals surface area (Å²) in [5, 5.41) is 0. The average molecular weight is 371 g/mol. The van der Waals surface area contributed by atoms with Gasteiger partial charge in [-0.15, -0.1) is 0 Å². The second kappa shape index (κ2) is 6.85. The maximum absolute atomic E-state index is 13.0. The molecule has 1 heterocycles. The molecule has 0 aliphatic carbocycles. The van der Waals surface area contributed by atoms with Gasteiger partial charge in [0, 0.05) is 26.4 Å². The van der Waals surface area contributed by atoms with Crippen LogP contribution < -0.4 is 0 Å². The Labute approximate surface area is 134 Å². The summed E-state index contributed by atoms with van der Waals surface area (Å²) in [6.07, 6.45) is 1.88. The molecule has 2 aromatic rings. The highest BCUT2D eigenvalue weighted by molar-refractivity contribution is 9.10. The maximum atomic E-state index is 13.0. The van der Waals surface area contributed by atoms with Crippen LogP contribution >= 0.6 is 15.9 Å². The molecule has 0 aliphatic heterocycles. The minimum atomic E-state index is -1.07. The molecule has 0 fully saturated rings. The van der Waals surface area contributed by atoms with E-state index in [0.717, 1.165) is 28.6 Å². The van der Waals surface area contributed by atoms with Crippen LogP contribution in [0.1, 0.15) is 0 Å². The fourth-order valence-corrected chi connectivity index (χ4v) is 3.02. The molecule has 0 saturated carbocycles. The summed E-state index contributed by atoms with van der Waals surface area (Å²) in [6.45, 7) is 8.19. The molecule has 21 heavy (non-hydrogen) atoms. The van der Waals surface area contributed by atoms with Crippen molar-refractivity contribution in [3.63, 3.8) is 0 Å². The Hall–Kier alpha value is -0.983. The number of imidazole rings is 1. The second-order valence-electron chi connectivity index (χ2n) is 6.21. The van der Waals surface area contributed by atoms with Crippen molar-refractivity contribution in [2.24, 2.45) is 0 Å². The van der Waals surface area contributed by atoms with Gasteiger partial charge >= 0.3 is 0 Å². The summed E-state index contributed by atoms with van der Waals surface area (Å²) in [5.74, 6) is 0.525. The molecular formula is C15H20BrFN2OSi. The van der Waals surface area contributed by atoms with E-state index in [1.54, 1.807) is 12.1 Å². The SMILES string of the molecule is C[Si](C)(C)CCOCn1cc(Br)nc1-c1ccc(F)cc1. The van der Waals surface area contributed by atoms with Crippen LogP contribution in [0.15, 0.2) is 35.1 Å². The van der Waals surface area contributed by atoms with Crippen molar-refractivity contribution in [3.8, 4) is 11.4 Å². The molecule has 0 atom stereocenters. The third-order valence-electron chi connectivity index (χ3n) is 3.08. The number of aromatic nitrogens is 2. The van der Waals surface area contributed by atoms with Gasteiger partial charge in [-0.25, -0.2) is 9.37 Å². The zero-order valence-corrected chi connectivity index (χ0v) is 15.2. The largest absolute Gasteiger partial charge is 0.361 e. The first-order chi connectivity index (χ1) is 9.85. The summed E-state index contributed by atoms with van der Waals surface area (Å²) >= 11 is 3.38. The highest BCUT2D eigenvalue weighted by atomic mass is 79.9. The van der Waals surface area contributed by atoms with Gasteiger partial charge in [0.1, 0.15) is 23.0 Å². The molecule has 3 nitrogen and oxygen atoms in total. The lowest BCUT2D eigenvalue weighted by Crippen LogP contribution is -2.22. The van der Waals surface area contributed by atoms with E-state index in [-0.39, 0.29) is 5.82 Å². The number of ether oxygens (including phenoxy) is 1. The van der Waals surface area contributed by atoms with E-state index in [1.807, 2.05) is 10.8 Å². The fraction of sp³-hybridized carbons (Fsp3) is 0.400. The molecule has 6 heteroatoms. The molecule has 1 aromatic heterocycles. The molecule has 0 spiro atoms. The van der Waals surface area contributed by atoms with Crippen molar-refractivity contribution in [2.45, 2.75) is 32.4 Å². The Morgan fingerprint density at radius 2 is 1.90 bits per heavy atom. The molecule has 0 radical (unpaired) electrons. The predicted octanol–water partition coefficient (Wildman–Crippen LogP) is 4.76. The van der Waals surface area contributed by atoms with E-state index in [4.69, 9.17) is 4.74 Å². The van der Waals surface area contributed by atoms with Crippen LogP contribution in [0.3, 0.4) is 0 Å². The Kier molecular flexibility index (Phi) is 5.35. The van der Waals surface area contributed by atoms with Gasteiger partial charge in [-0.05, 0) is 46.2 Å². The summed E-state index contributed by atoms with van der Waals surface area (Å²) in [4.78, 5) is 4.42. The molecule has 0 saturated heterocycles. The minimum absolute atomic E-state index is 0.248. The fourth-order valence-electron chi connectivity index (χ4n) is 1.85. The van der Waals surface area contributed by atoms with Crippen molar-refractivity contribution >= 4 is 24.0 Å². The Balaban J connectivity index is 2.05. The number of benzene rings is 1. The summed E-state index contributed by atoms with van der Waals surface area (Å²) < 4.78 is 21.4. The Bertz CT molecular complexity index is 593. The van der Waals surface area contributed by atoms with Crippen LogP contribution in [0.25, 0.3) is 11.4 Å². The average Bonchev–Trinajstić information content (AvgIpc) is 2.76. The maximum Gasteiger partial charge on any atom is 0.143 e. The smallest absolute Gasteiger partial charge is 0.143 e. The van der Waals surface area contributed by atoms with Gasteiger partial charge in [0.25, 0.3) is 0 Å². The monoisotopic (exact) mass is 370 g/mol. The lowest BCUT2D eigenvalue weighted by molar-refractivity contribution is 0.0882. The van der Waals surface area contributed by atoms with E-state index < -0.39 is 8.07 Å². The molecule has 0 unspecified atom stereocenters. The molecular weight excluding hydrogens is 351 g/mol. The van der Waals surface area contributed by atoms with Gasteiger partial charge in [0.2, 0.25) is 0 Å². The number of hydrogen-bond donors (Lipinski definition) is 0. The first kappa shape index (κ1) is 16.4. The zero-order chi connectivity index (χ0) is 15.5. The number of rotatable bonds is 6. The van der Waals surface area contributed by atoms with Crippen LogP contribution in [-0.2, 0) is 11.5 Å². The van der Waals surface area contributed by atoms with Crippen molar-refractivity contribution in [2.75, 3.05) is 6.61 Å². The zero-order valence-electron chi connectivity index (χ0n) is 12.6. The molecule has 0 bridgehead atoms. The Morgan fingerprint density at radius 3 is 2.52 bits per heavy atom. The van der Waals surface area contributed by atoms with E-state index in [0.29, 0.717) is 6.73 Å². The van der Waals surface area contributed by atoms with Crippen molar-refractivity contribution in [1.29, 1.82) is 0 Å². The van der Waals surface area contributed by atoms with Gasteiger partial charge in [0.05, 0.1) is 0 Å². The van der Waals surface area contributed by atoms with E-state index in [1.165, 1.54) is 12.1 Å². The molecule has 2 rings (SSSR count). The Morgan fingerprint density at radius 1 is 1.24 bits per heavy atom. The van der Waals surface area contributed by atoms with Crippen LogP contribution in [0.2, 0.25) is 25.7 Å². The van der Waals surface area contributed by atoms with Gasteiger partial charge in [-0.2, -0.15) is 0 Å². The third kappa shape index (κ3) is 5.05. The number of hydrogen-bond acceptors (Lipinski definition) is 2. The predicted molar refractivity (Wildman–Crippen MR) is 89.4 cm³/mol. The first-order valence-corrected chi connectivity index (χ1v) is 11.4. The van der Waals surface area contributed by atoms with Crippen LogP contribution in [0, 0.1) is 5.82 Å². The van der Waals surface area contributed by atoms with E-state index in [2.05, 4.69) is 40.6 Å². The first-order valence-electron chi connectivity index (χ1n) is 6.91. The van der Waals surface area contributed by atoms with Crippen LogP contribution in [0.5, 0.6) is 0 Å². The molecule has 1 aromatic carbocycles. The summed E-state index contributed by atoms with van der Waals surface area (Å²) in [7, 11) is -1.07. The number of nitrogens with zero attached hydrogens (tertiary/aromatic N) is 2. The lowest BCUT2D eigenvalue weighted by atomic mass is 10.2. The molecule has 0 N–H and O–H groups in total.